The van der Waals surface area contributed by atoms with Gasteiger partial charge < -0.3 is 10.1 Å². The largest absolute Gasteiger partial charge is 0.376 e. The molecule has 2 heterocycles. The van der Waals surface area contributed by atoms with E-state index in [4.69, 9.17) is 4.74 Å². The summed E-state index contributed by atoms with van der Waals surface area (Å²) in [4.78, 5) is 12.0. The van der Waals surface area contributed by atoms with Crippen LogP contribution in [0, 0.1) is 11.6 Å². The number of anilines is 1. The number of carbonyl (C=O) groups is 1. The normalized spacial score (nSPS) is 17.6. The molecule has 1 saturated heterocycles. The lowest BCUT2D eigenvalue weighted by atomic mass is 10.2. The van der Waals surface area contributed by atoms with Gasteiger partial charge in [-0.05, 0) is 25.0 Å². The Balaban J connectivity index is 1.68. The summed E-state index contributed by atoms with van der Waals surface area (Å²) < 4.78 is 34.2. The Morgan fingerprint density at radius 3 is 2.86 bits per heavy atom. The number of benzene rings is 1. The molecule has 1 aliphatic rings. The number of halogens is 2. The van der Waals surface area contributed by atoms with Crippen molar-refractivity contribution >= 4 is 11.6 Å². The monoisotopic (exact) mass is 307 g/mol. The maximum Gasteiger partial charge on any atom is 0.261 e. The molecule has 1 aromatic heterocycles. The smallest absolute Gasteiger partial charge is 0.261 e. The molecule has 7 heteroatoms. The Bertz CT molecular complexity index is 661. The molecule has 0 radical (unpaired) electrons. The quantitative estimate of drug-likeness (QED) is 0.944. The topological polar surface area (TPSA) is 56.2 Å². The standard InChI is InChI=1S/C15H15F2N3O2/c16-12-4-1-5-13(17)14(12)15(21)19-10-7-18-20(8-10)9-11-3-2-6-22-11/h1,4-5,7-8,11H,2-3,6,9H2,(H,19,21)/t11-/m1/s1. The van der Waals surface area contributed by atoms with E-state index >= 15 is 0 Å². The molecular weight excluding hydrogens is 292 g/mol. The van der Waals surface area contributed by atoms with Crippen molar-refractivity contribution in [2.45, 2.75) is 25.5 Å². The molecule has 2 aromatic rings. The first-order valence-electron chi connectivity index (χ1n) is 7.03. The molecular formula is C15H15F2N3O2. The van der Waals surface area contributed by atoms with Crippen LogP contribution in [0.2, 0.25) is 0 Å². The Hall–Kier alpha value is -2.28. The third-order valence-corrected chi connectivity index (χ3v) is 3.50. The molecule has 0 unspecified atom stereocenters. The molecule has 22 heavy (non-hydrogen) atoms. The lowest BCUT2D eigenvalue weighted by molar-refractivity contribution is 0.0940. The summed E-state index contributed by atoms with van der Waals surface area (Å²) in [7, 11) is 0. The number of hydrogen-bond donors (Lipinski definition) is 1. The minimum Gasteiger partial charge on any atom is -0.376 e. The summed E-state index contributed by atoms with van der Waals surface area (Å²) in [5.74, 6) is -2.64. The summed E-state index contributed by atoms with van der Waals surface area (Å²) >= 11 is 0. The van der Waals surface area contributed by atoms with Gasteiger partial charge in [0.1, 0.15) is 17.2 Å². The van der Waals surface area contributed by atoms with Crippen molar-refractivity contribution in [1.82, 2.24) is 9.78 Å². The summed E-state index contributed by atoms with van der Waals surface area (Å²) in [5.41, 5.74) is -0.222. The van der Waals surface area contributed by atoms with Crippen LogP contribution in [0.5, 0.6) is 0 Å². The van der Waals surface area contributed by atoms with E-state index in [0.29, 0.717) is 12.2 Å². The molecule has 0 saturated carbocycles. The molecule has 1 atom stereocenters. The third kappa shape index (κ3) is 3.14. The van der Waals surface area contributed by atoms with E-state index in [1.54, 1.807) is 10.9 Å². The van der Waals surface area contributed by atoms with E-state index in [2.05, 4.69) is 10.4 Å². The van der Waals surface area contributed by atoms with Crippen LogP contribution in [-0.2, 0) is 11.3 Å². The van der Waals surface area contributed by atoms with Gasteiger partial charge in [-0.25, -0.2) is 8.78 Å². The number of aromatic nitrogens is 2. The first-order chi connectivity index (χ1) is 10.6. The van der Waals surface area contributed by atoms with E-state index in [9.17, 15) is 13.6 Å². The Labute approximate surface area is 125 Å². The van der Waals surface area contributed by atoms with Gasteiger partial charge in [0.05, 0.1) is 24.5 Å². The Kier molecular flexibility index (Phi) is 4.15. The molecule has 3 rings (SSSR count). The zero-order valence-corrected chi connectivity index (χ0v) is 11.8. The van der Waals surface area contributed by atoms with Crippen LogP contribution in [0.1, 0.15) is 23.2 Å². The van der Waals surface area contributed by atoms with Crippen molar-refractivity contribution in [3.8, 4) is 0 Å². The van der Waals surface area contributed by atoms with Crippen LogP contribution in [0.15, 0.2) is 30.6 Å². The number of ether oxygens (including phenoxy) is 1. The molecule has 1 aliphatic heterocycles. The molecule has 116 valence electrons. The van der Waals surface area contributed by atoms with E-state index in [1.807, 2.05) is 0 Å². The number of carbonyl (C=O) groups excluding carboxylic acids is 1. The van der Waals surface area contributed by atoms with Gasteiger partial charge in [0, 0.05) is 12.8 Å². The van der Waals surface area contributed by atoms with Gasteiger partial charge in [-0.3, -0.25) is 9.48 Å². The van der Waals surface area contributed by atoms with Gasteiger partial charge in [0.25, 0.3) is 5.91 Å². The molecule has 1 aromatic carbocycles. The molecule has 0 aliphatic carbocycles. The summed E-state index contributed by atoms with van der Waals surface area (Å²) in [6.07, 6.45) is 5.17. The number of nitrogens with zero attached hydrogens (tertiary/aromatic N) is 2. The van der Waals surface area contributed by atoms with Gasteiger partial charge in [-0.2, -0.15) is 5.10 Å². The third-order valence-electron chi connectivity index (χ3n) is 3.50. The second kappa shape index (κ2) is 6.23. The summed E-state index contributed by atoms with van der Waals surface area (Å²) in [6.45, 7) is 1.34. The van der Waals surface area contributed by atoms with Gasteiger partial charge in [0.15, 0.2) is 0 Å². The molecule has 1 fully saturated rings. The van der Waals surface area contributed by atoms with Crippen LogP contribution in [0.3, 0.4) is 0 Å². The molecule has 5 nitrogen and oxygen atoms in total. The number of rotatable bonds is 4. The molecule has 0 bridgehead atoms. The highest BCUT2D eigenvalue weighted by atomic mass is 19.1. The van der Waals surface area contributed by atoms with Crippen LogP contribution in [0.4, 0.5) is 14.5 Å². The first-order valence-corrected chi connectivity index (χ1v) is 7.03. The van der Waals surface area contributed by atoms with Gasteiger partial charge in [-0.1, -0.05) is 6.07 Å². The second-order valence-corrected chi connectivity index (χ2v) is 5.14. The van der Waals surface area contributed by atoms with Crippen molar-refractivity contribution in [1.29, 1.82) is 0 Å². The van der Waals surface area contributed by atoms with E-state index in [1.165, 1.54) is 12.3 Å². The van der Waals surface area contributed by atoms with E-state index in [0.717, 1.165) is 31.6 Å². The van der Waals surface area contributed by atoms with Crippen molar-refractivity contribution in [3.63, 3.8) is 0 Å². The van der Waals surface area contributed by atoms with E-state index in [-0.39, 0.29) is 6.10 Å². The predicted octanol–water partition coefficient (Wildman–Crippen LogP) is 2.59. The highest BCUT2D eigenvalue weighted by Crippen LogP contribution is 2.17. The minimum atomic E-state index is -0.899. The van der Waals surface area contributed by atoms with Crippen LogP contribution in [0.25, 0.3) is 0 Å². The van der Waals surface area contributed by atoms with E-state index < -0.39 is 23.1 Å². The fraction of sp³-hybridized carbons (Fsp3) is 0.333. The zero-order valence-electron chi connectivity index (χ0n) is 11.8. The SMILES string of the molecule is O=C(Nc1cnn(C[C@H]2CCCO2)c1)c1c(F)cccc1F. The highest BCUT2D eigenvalue weighted by Gasteiger charge is 2.19. The Morgan fingerprint density at radius 2 is 2.18 bits per heavy atom. The first kappa shape index (κ1) is 14.6. The lowest BCUT2D eigenvalue weighted by Gasteiger charge is -2.08. The Morgan fingerprint density at radius 1 is 1.41 bits per heavy atom. The zero-order chi connectivity index (χ0) is 15.5. The predicted molar refractivity (Wildman–Crippen MR) is 75.5 cm³/mol. The maximum absolute atomic E-state index is 13.5. The van der Waals surface area contributed by atoms with Crippen LogP contribution >= 0.6 is 0 Å². The number of hydrogen-bond acceptors (Lipinski definition) is 3. The fourth-order valence-electron chi connectivity index (χ4n) is 2.43. The van der Waals surface area contributed by atoms with Gasteiger partial charge in [0.2, 0.25) is 0 Å². The fourth-order valence-corrected chi connectivity index (χ4v) is 2.43. The lowest BCUT2D eigenvalue weighted by Crippen LogP contribution is -2.16. The minimum absolute atomic E-state index is 0.118. The maximum atomic E-state index is 13.5. The van der Waals surface area contributed by atoms with Crippen molar-refractivity contribution in [2.75, 3.05) is 11.9 Å². The van der Waals surface area contributed by atoms with Gasteiger partial charge >= 0.3 is 0 Å². The van der Waals surface area contributed by atoms with Crippen molar-refractivity contribution < 1.29 is 18.3 Å². The molecule has 1 amide bonds. The van der Waals surface area contributed by atoms with Crippen LogP contribution in [-0.4, -0.2) is 28.4 Å². The highest BCUT2D eigenvalue weighted by molar-refractivity contribution is 6.04. The van der Waals surface area contributed by atoms with Crippen LogP contribution < -0.4 is 5.32 Å². The number of nitrogens with one attached hydrogen (secondary N) is 1. The van der Waals surface area contributed by atoms with Gasteiger partial charge in [-0.15, -0.1) is 0 Å². The van der Waals surface area contributed by atoms with Crippen molar-refractivity contribution in [2.24, 2.45) is 0 Å². The summed E-state index contributed by atoms with van der Waals surface area (Å²) in [6, 6.07) is 3.29. The second-order valence-electron chi connectivity index (χ2n) is 5.14. The average Bonchev–Trinajstić information content (AvgIpc) is 3.11. The summed E-state index contributed by atoms with van der Waals surface area (Å²) in [5, 5.41) is 6.55. The average molecular weight is 307 g/mol. The molecule has 1 N–H and O–H groups in total. The van der Waals surface area contributed by atoms with Crippen molar-refractivity contribution in [3.05, 3.63) is 47.8 Å². The molecule has 0 spiro atoms. The number of amides is 1.